The number of sulfonamides is 1. The highest BCUT2D eigenvalue weighted by Crippen LogP contribution is 2.31. The van der Waals surface area contributed by atoms with Crippen LogP contribution in [-0.2, 0) is 27.8 Å². The van der Waals surface area contributed by atoms with E-state index in [9.17, 15) is 13.2 Å². The number of nitrogens with zero attached hydrogens (tertiary/aromatic N) is 3. The lowest BCUT2D eigenvalue weighted by atomic mass is 10.1. The Morgan fingerprint density at radius 3 is 2.50 bits per heavy atom. The maximum absolute atomic E-state index is 13.2. The van der Waals surface area contributed by atoms with Crippen molar-refractivity contribution in [2.45, 2.75) is 64.8 Å². The Bertz CT molecular complexity index is 1070. The van der Waals surface area contributed by atoms with E-state index in [2.05, 4.69) is 24.3 Å². The number of piperidine rings is 1. The molecule has 0 spiro atoms. The number of hydrogen-bond donors (Lipinski definition) is 1. The second-order valence-corrected chi connectivity index (χ2v) is 10.7. The van der Waals surface area contributed by atoms with Crippen LogP contribution in [0.15, 0.2) is 23.1 Å². The molecule has 0 unspecified atom stereocenters. The van der Waals surface area contributed by atoms with Crippen molar-refractivity contribution in [1.29, 1.82) is 0 Å². The molecule has 176 valence electrons. The largest absolute Gasteiger partial charge is 0.495 e. The lowest BCUT2D eigenvalue weighted by Gasteiger charge is -2.26. The number of hydrogen-bond acceptors (Lipinski definition) is 5. The van der Waals surface area contributed by atoms with E-state index in [0.29, 0.717) is 24.7 Å². The quantitative estimate of drug-likeness (QED) is 0.648. The van der Waals surface area contributed by atoms with Crippen molar-refractivity contribution in [2.75, 3.05) is 25.5 Å². The molecule has 1 aromatic carbocycles. The molecule has 1 aliphatic heterocycles. The first-order valence-electron chi connectivity index (χ1n) is 11.1. The van der Waals surface area contributed by atoms with E-state index in [0.717, 1.165) is 42.8 Å². The third kappa shape index (κ3) is 5.32. The number of carbonyl (C=O) groups excluding carboxylic acids is 1. The van der Waals surface area contributed by atoms with Gasteiger partial charge in [0.15, 0.2) is 0 Å². The summed E-state index contributed by atoms with van der Waals surface area (Å²) < 4.78 is 35.2. The van der Waals surface area contributed by atoms with Crippen LogP contribution in [0.1, 0.15) is 50.1 Å². The molecule has 1 aliphatic rings. The smallest absolute Gasteiger partial charge is 0.246 e. The van der Waals surface area contributed by atoms with Crippen LogP contribution >= 0.6 is 0 Å². The van der Waals surface area contributed by atoms with Crippen molar-refractivity contribution >= 4 is 21.6 Å². The van der Waals surface area contributed by atoms with Crippen LogP contribution in [0, 0.1) is 19.8 Å². The fraction of sp³-hybridized carbons (Fsp3) is 0.565. The van der Waals surface area contributed by atoms with Crippen LogP contribution in [-0.4, -0.2) is 48.6 Å². The molecule has 0 aliphatic carbocycles. The Hall–Kier alpha value is -2.39. The Balaban J connectivity index is 1.80. The van der Waals surface area contributed by atoms with Gasteiger partial charge in [-0.1, -0.05) is 20.3 Å². The minimum Gasteiger partial charge on any atom is -0.495 e. The summed E-state index contributed by atoms with van der Waals surface area (Å²) in [5, 5.41) is 7.41. The molecular formula is C23H34N4O4S. The maximum Gasteiger partial charge on any atom is 0.246 e. The standard InChI is InChI=1S/C23H34N4O4S/c1-16(2)15-27-18(4)20(17(3)25-27)14-23(28)24-19-9-10-21(31-5)22(13-19)32(29,30)26-11-7-6-8-12-26/h9-10,13,16H,6-8,11-12,14-15H2,1-5H3,(H,24,28). The minimum atomic E-state index is -3.70. The fourth-order valence-corrected chi connectivity index (χ4v) is 5.78. The SMILES string of the molecule is COc1ccc(NC(=O)Cc2c(C)nn(CC(C)C)c2C)cc1S(=O)(=O)N1CCCCC1. The predicted octanol–water partition coefficient (Wildman–Crippen LogP) is 3.52. The van der Waals surface area contributed by atoms with E-state index in [1.165, 1.54) is 17.5 Å². The molecule has 0 radical (unpaired) electrons. The van der Waals surface area contributed by atoms with Crippen molar-refractivity contribution in [3.8, 4) is 5.75 Å². The number of rotatable bonds is 8. The summed E-state index contributed by atoms with van der Waals surface area (Å²) in [5.41, 5.74) is 3.14. The van der Waals surface area contributed by atoms with Crippen molar-refractivity contribution < 1.29 is 17.9 Å². The number of ether oxygens (including phenoxy) is 1. The molecular weight excluding hydrogens is 428 g/mol. The number of nitrogens with one attached hydrogen (secondary N) is 1. The highest BCUT2D eigenvalue weighted by atomic mass is 32.2. The Morgan fingerprint density at radius 2 is 1.88 bits per heavy atom. The highest BCUT2D eigenvalue weighted by molar-refractivity contribution is 7.89. The number of amides is 1. The zero-order chi connectivity index (χ0) is 23.5. The molecule has 0 bridgehead atoms. The zero-order valence-corrected chi connectivity index (χ0v) is 20.5. The van der Waals surface area contributed by atoms with Gasteiger partial charge in [-0.2, -0.15) is 9.40 Å². The summed E-state index contributed by atoms with van der Waals surface area (Å²) in [4.78, 5) is 12.9. The van der Waals surface area contributed by atoms with Crippen LogP contribution < -0.4 is 10.1 Å². The first-order chi connectivity index (χ1) is 15.1. The second kappa shape index (κ2) is 10.0. The van der Waals surface area contributed by atoms with Gasteiger partial charge in [-0.3, -0.25) is 9.48 Å². The molecule has 1 fully saturated rings. The number of benzene rings is 1. The number of aryl methyl sites for hydroxylation is 1. The molecule has 32 heavy (non-hydrogen) atoms. The summed E-state index contributed by atoms with van der Waals surface area (Å²) in [6.07, 6.45) is 2.91. The van der Waals surface area contributed by atoms with Crippen molar-refractivity contribution in [1.82, 2.24) is 14.1 Å². The van der Waals surface area contributed by atoms with Gasteiger partial charge in [0.1, 0.15) is 10.6 Å². The molecule has 1 N–H and O–H groups in total. The lowest BCUT2D eigenvalue weighted by molar-refractivity contribution is -0.115. The van der Waals surface area contributed by atoms with Gasteiger partial charge in [-0.05, 0) is 50.8 Å². The van der Waals surface area contributed by atoms with E-state index in [1.807, 2.05) is 18.5 Å². The molecule has 8 nitrogen and oxygen atoms in total. The topological polar surface area (TPSA) is 93.5 Å². The van der Waals surface area contributed by atoms with Crippen LogP contribution in [0.5, 0.6) is 5.75 Å². The van der Waals surface area contributed by atoms with Gasteiger partial charge in [0.25, 0.3) is 0 Å². The summed E-state index contributed by atoms with van der Waals surface area (Å²) in [6.45, 7) is 9.93. The lowest BCUT2D eigenvalue weighted by Crippen LogP contribution is -2.35. The zero-order valence-electron chi connectivity index (χ0n) is 19.6. The van der Waals surface area contributed by atoms with Gasteiger partial charge in [0, 0.05) is 36.6 Å². The summed E-state index contributed by atoms with van der Waals surface area (Å²) in [7, 11) is -2.25. The van der Waals surface area contributed by atoms with Gasteiger partial charge in [0.05, 0.1) is 19.2 Å². The summed E-state index contributed by atoms with van der Waals surface area (Å²) in [6, 6.07) is 4.74. The summed E-state index contributed by atoms with van der Waals surface area (Å²) >= 11 is 0. The number of aromatic nitrogens is 2. The van der Waals surface area contributed by atoms with Crippen molar-refractivity contribution in [3.63, 3.8) is 0 Å². The highest BCUT2D eigenvalue weighted by Gasteiger charge is 2.29. The number of methoxy groups -OCH3 is 1. The molecule has 1 aromatic heterocycles. The van der Waals surface area contributed by atoms with E-state index < -0.39 is 10.0 Å². The molecule has 9 heteroatoms. The Kier molecular flexibility index (Phi) is 7.61. The van der Waals surface area contributed by atoms with Gasteiger partial charge >= 0.3 is 0 Å². The van der Waals surface area contributed by atoms with E-state index >= 15 is 0 Å². The predicted molar refractivity (Wildman–Crippen MR) is 124 cm³/mol. The van der Waals surface area contributed by atoms with Crippen molar-refractivity contribution in [2.24, 2.45) is 5.92 Å². The van der Waals surface area contributed by atoms with E-state index in [4.69, 9.17) is 4.74 Å². The molecule has 1 saturated heterocycles. The molecule has 1 amide bonds. The second-order valence-electron chi connectivity index (χ2n) is 8.78. The Labute approximate surface area is 191 Å². The summed E-state index contributed by atoms with van der Waals surface area (Å²) in [5.74, 6) is 0.510. The fourth-order valence-electron chi connectivity index (χ4n) is 4.08. The van der Waals surface area contributed by atoms with Crippen LogP contribution in [0.25, 0.3) is 0 Å². The number of carbonyl (C=O) groups is 1. The van der Waals surface area contributed by atoms with Gasteiger partial charge in [0.2, 0.25) is 15.9 Å². The maximum atomic E-state index is 13.2. The third-order valence-electron chi connectivity index (χ3n) is 5.79. The molecule has 0 atom stereocenters. The van der Waals surface area contributed by atoms with Crippen LogP contribution in [0.2, 0.25) is 0 Å². The molecule has 3 rings (SSSR count). The average molecular weight is 463 g/mol. The van der Waals surface area contributed by atoms with E-state index in [1.54, 1.807) is 12.1 Å². The monoisotopic (exact) mass is 462 g/mol. The Morgan fingerprint density at radius 1 is 1.19 bits per heavy atom. The molecule has 0 saturated carbocycles. The van der Waals surface area contributed by atoms with Crippen molar-refractivity contribution in [3.05, 3.63) is 35.2 Å². The van der Waals surface area contributed by atoms with Crippen LogP contribution in [0.3, 0.4) is 0 Å². The first-order valence-corrected chi connectivity index (χ1v) is 12.6. The van der Waals surface area contributed by atoms with Crippen LogP contribution in [0.4, 0.5) is 5.69 Å². The number of anilines is 1. The minimum absolute atomic E-state index is 0.0804. The average Bonchev–Trinajstić information content (AvgIpc) is 3.01. The molecule has 2 heterocycles. The molecule has 2 aromatic rings. The van der Waals surface area contributed by atoms with Gasteiger partial charge in [-0.15, -0.1) is 0 Å². The van der Waals surface area contributed by atoms with Gasteiger partial charge in [-0.25, -0.2) is 8.42 Å². The first kappa shape index (κ1) is 24.3. The third-order valence-corrected chi connectivity index (χ3v) is 7.71. The van der Waals surface area contributed by atoms with Gasteiger partial charge < -0.3 is 10.1 Å². The van der Waals surface area contributed by atoms with E-state index in [-0.39, 0.29) is 23.0 Å². The normalized spacial score (nSPS) is 15.2.